The molecule has 0 radical (unpaired) electrons. The first-order valence-electron chi connectivity index (χ1n) is 10.8. The van der Waals surface area contributed by atoms with Gasteiger partial charge >= 0.3 is 0 Å². The summed E-state index contributed by atoms with van der Waals surface area (Å²) in [4.78, 5) is 43.6. The van der Waals surface area contributed by atoms with Crippen LogP contribution in [0.15, 0.2) is 66.5 Å². The Morgan fingerprint density at radius 3 is 2.39 bits per heavy atom. The van der Waals surface area contributed by atoms with Gasteiger partial charge in [0.05, 0.1) is 36.4 Å². The van der Waals surface area contributed by atoms with Crippen molar-refractivity contribution in [1.29, 1.82) is 0 Å². The van der Waals surface area contributed by atoms with E-state index in [1.807, 2.05) is 0 Å². The lowest BCUT2D eigenvalue weighted by atomic mass is 9.95. The number of nitrogens with zero attached hydrogens (tertiary/aromatic N) is 2. The van der Waals surface area contributed by atoms with Crippen LogP contribution in [0.5, 0.6) is 11.5 Å². The predicted molar refractivity (Wildman–Crippen MR) is 134 cm³/mol. The Morgan fingerprint density at radius 2 is 1.75 bits per heavy atom. The van der Waals surface area contributed by atoms with Gasteiger partial charge in [-0.3, -0.25) is 24.3 Å². The molecule has 1 unspecified atom stereocenters. The zero-order valence-electron chi connectivity index (χ0n) is 19.6. The standard InChI is InChI=1S/C26H22ClN3O6/c1-14(31)29-16-5-4-6-17(11-16)30-23(15-7-9-28-10-8-15)22(25(33)26(30)34)24(32)18-12-19(27)21(36-3)13-20(18)35-2/h4-13,23,32H,1-3H3,(H,29,31)/b24-22+. The summed E-state index contributed by atoms with van der Waals surface area (Å²) in [5.41, 5.74) is 1.29. The fourth-order valence-electron chi connectivity index (χ4n) is 4.09. The lowest BCUT2D eigenvalue weighted by Crippen LogP contribution is -2.29. The number of ether oxygens (including phenoxy) is 2. The quantitative estimate of drug-likeness (QED) is 0.289. The number of carbonyl (C=O) groups excluding carboxylic acids is 3. The number of amides is 2. The maximum atomic E-state index is 13.4. The van der Waals surface area contributed by atoms with Crippen molar-refractivity contribution in [3.05, 3.63) is 82.6 Å². The number of nitrogens with one attached hydrogen (secondary N) is 1. The molecular formula is C26H22ClN3O6. The highest BCUT2D eigenvalue weighted by Crippen LogP contribution is 2.44. The Balaban J connectivity index is 1.95. The third-order valence-corrected chi connectivity index (χ3v) is 5.94. The van der Waals surface area contributed by atoms with Gasteiger partial charge in [0.25, 0.3) is 11.7 Å². The largest absolute Gasteiger partial charge is 0.507 e. The van der Waals surface area contributed by atoms with Crippen LogP contribution in [-0.4, -0.2) is 41.9 Å². The molecule has 1 aliphatic rings. The molecule has 1 saturated heterocycles. The lowest BCUT2D eigenvalue weighted by molar-refractivity contribution is -0.132. The SMILES string of the molecule is COc1cc(OC)c(/C(O)=C2\C(=O)C(=O)N(c3cccc(NC(C)=O)c3)C2c2ccncc2)cc1Cl. The Morgan fingerprint density at radius 1 is 1.06 bits per heavy atom. The molecule has 0 saturated carbocycles. The monoisotopic (exact) mass is 507 g/mol. The number of carbonyl (C=O) groups is 3. The van der Waals surface area contributed by atoms with E-state index in [9.17, 15) is 19.5 Å². The highest BCUT2D eigenvalue weighted by Gasteiger charge is 2.47. The second kappa shape index (κ2) is 10.1. The summed E-state index contributed by atoms with van der Waals surface area (Å²) < 4.78 is 10.6. The van der Waals surface area contributed by atoms with Crippen molar-refractivity contribution in [1.82, 2.24) is 4.98 Å². The molecule has 1 aromatic heterocycles. The summed E-state index contributed by atoms with van der Waals surface area (Å²) in [6.45, 7) is 1.36. The van der Waals surface area contributed by atoms with Crippen LogP contribution in [0.3, 0.4) is 0 Å². The van der Waals surface area contributed by atoms with E-state index in [0.717, 1.165) is 0 Å². The van der Waals surface area contributed by atoms with Crippen LogP contribution in [0.1, 0.15) is 24.1 Å². The summed E-state index contributed by atoms with van der Waals surface area (Å²) >= 11 is 6.29. The molecule has 2 amide bonds. The van der Waals surface area contributed by atoms with Gasteiger partial charge in [-0.15, -0.1) is 0 Å². The van der Waals surface area contributed by atoms with Crippen LogP contribution in [-0.2, 0) is 14.4 Å². The first-order chi connectivity index (χ1) is 17.3. The van der Waals surface area contributed by atoms with Gasteiger partial charge in [-0.05, 0) is 42.0 Å². The molecule has 1 fully saturated rings. The molecule has 0 aliphatic carbocycles. The van der Waals surface area contributed by atoms with E-state index in [2.05, 4.69) is 10.3 Å². The van der Waals surface area contributed by atoms with Crippen molar-refractivity contribution in [3.8, 4) is 11.5 Å². The average Bonchev–Trinajstić information content (AvgIpc) is 3.14. The van der Waals surface area contributed by atoms with Crippen molar-refractivity contribution < 1.29 is 29.0 Å². The number of hydrogen-bond donors (Lipinski definition) is 2. The highest BCUT2D eigenvalue weighted by molar-refractivity contribution is 6.51. The van der Waals surface area contributed by atoms with Gasteiger partial charge in [-0.25, -0.2) is 0 Å². The zero-order valence-corrected chi connectivity index (χ0v) is 20.4. The molecule has 2 N–H and O–H groups in total. The Kier molecular flexibility index (Phi) is 6.93. The van der Waals surface area contributed by atoms with E-state index in [-0.39, 0.29) is 27.8 Å². The van der Waals surface area contributed by atoms with Gasteiger partial charge in [-0.2, -0.15) is 0 Å². The van der Waals surface area contributed by atoms with Crippen LogP contribution in [0.2, 0.25) is 5.02 Å². The number of benzene rings is 2. The average molecular weight is 508 g/mol. The minimum absolute atomic E-state index is 0.118. The van der Waals surface area contributed by atoms with E-state index in [4.69, 9.17) is 21.1 Å². The van der Waals surface area contributed by atoms with Gasteiger partial charge in [0.1, 0.15) is 17.3 Å². The molecule has 36 heavy (non-hydrogen) atoms. The third-order valence-electron chi connectivity index (χ3n) is 5.64. The summed E-state index contributed by atoms with van der Waals surface area (Å²) in [5.74, 6) is -1.99. The number of aliphatic hydroxyl groups is 1. The van der Waals surface area contributed by atoms with Gasteiger partial charge < -0.3 is 19.9 Å². The van der Waals surface area contributed by atoms with Crippen LogP contribution in [0.4, 0.5) is 11.4 Å². The maximum Gasteiger partial charge on any atom is 0.300 e. The summed E-state index contributed by atoms with van der Waals surface area (Å²) in [5, 5.41) is 14.2. The minimum atomic E-state index is -0.994. The number of aromatic nitrogens is 1. The molecule has 0 spiro atoms. The molecule has 3 aromatic rings. The fourth-order valence-corrected chi connectivity index (χ4v) is 4.33. The van der Waals surface area contributed by atoms with Crippen LogP contribution in [0.25, 0.3) is 5.76 Å². The second-order valence-electron chi connectivity index (χ2n) is 7.87. The van der Waals surface area contributed by atoms with Crippen LogP contribution in [0, 0.1) is 0 Å². The molecular weight excluding hydrogens is 486 g/mol. The Bertz CT molecular complexity index is 1390. The topological polar surface area (TPSA) is 118 Å². The molecule has 2 heterocycles. The van der Waals surface area contributed by atoms with E-state index in [1.165, 1.54) is 50.6 Å². The van der Waals surface area contributed by atoms with E-state index < -0.39 is 23.5 Å². The van der Waals surface area contributed by atoms with Crippen molar-refractivity contribution in [3.63, 3.8) is 0 Å². The predicted octanol–water partition coefficient (Wildman–Crippen LogP) is 4.34. The van der Waals surface area contributed by atoms with Gasteiger partial charge in [0, 0.05) is 36.8 Å². The number of Topliss-reactive ketones (excluding diaryl/α,β-unsaturated/α-hetero) is 1. The van der Waals surface area contributed by atoms with Crippen LogP contribution < -0.4 is 19.7 Å². The van der Waals surface area contributed by atoms with Gasteiger partial charge in [0.2, 0.25) is 5.91 Å². The molecule has 1 atom stereocenters. The highest BCUT2D eigenvalue weighted by atomic mass is 35.5. The molecule has 1 aliphatic heterocycles. The summed E-state index contributed by atoms with van der Waals surface area (Å²) in [7, 11) is 2.83. The maximum absolute atomic E-state index is 13.4. The smallest absolute Gasteiger partial charge is 0.300 e. The number of anilines is 2. The molecule has 9 nitrogen and oxygen atoms in total. The Hall–Kier alpha value is -4.37. The number of ketones is 1. The summed E-state index contributed by atoms with van der Waals surface area (Å²) in [6, 6.07) is 11.7. The van der Waals surface area contributed by atoms with Gasteiger partial charge in [-0.1, -0.05) is 17.7 Å². The first kappa shape index (κ1) is 24.7. The number of halogens is 1. The van der Waals surface area contributed by atoms with Crippen molar-refractivity contribution in [2.75, 3.05) is 24.4 Å². The molecule has 4 rings (SSSR count). The normalized spacial score (nSPS) is 16.7. The summed E-state index contributed by atoms with van der Waals surface area (Å²) in [6.07, 6.45) is 3.04. The minimum Gasteiger partial charge on any atom is -0.507 e. The van der Waals surface area contributed by atoms with Gasteiger partial charge in [0.15, 0.2) is 0 Å². The number of rotatable bonds is 6. The van der Waals surface area contributed by atoms with E-state index in [1.54, 1.807) is 36.4 Å². The third kappa shape index (κ3) is 4.48. The number of aliphatic hydroxyl groups excluding tert-OH is 1. The lowest BCUT2D eigenvalue weighted by Gasteiger charge is -2.26. The van der Waals surface area contributed by atoms with E-state index >= 15 is 0 Å². The van der Waals surface area contributed by atoms with E-state index in [0.29, 0.717) is 22.7 Å². The van der Waals surface area contributed by atoms with Crippen molar-refractivity contribution in [2.45, 2.75) is 13.0 Å². The number of hydrogen-bond acceptors (Lipinski definition) is 7. The molecule has 0 bridgehead atoms. The second-order valence-corrected chi connectivity index (χ2v) is 8.28. The fraction of sp³-hybridized carbons (Fsp3) is 0.154. The molecule has 2 aromatic carbocycles. The zero-order chi connectivity index (χ0) is 26.0. The van der Waals surface area contributed by atoms with Crippen molar-refractivity contribution in [2.24, 2.45) is 0 Å². The molecule has 184 valence electrons. The Labute approximate surface area is 211 Å². The molecule has 10 heteroatoms. The van der Waals surface area contributed by atoms with Crippen molar-refractivity contribution >= 4 is 46.3 Å². The number of pyridine rings is 1. The number of methoxy groups -OCH3 is 2. The first-order valence-corrected chi connectivity index (χ1v) is 11.1. The van der Waals surface area contributed by atoms with Crippen LogP contribution >= 0.6 is 11.6 Å².